The third-order valence-corrected chi connectivity index (χ3v) is 2.93. The quantitative estimate of drug-likeness (QED) is 0.257. The zero-order chi connectivity index (χ0) is 15.7. The second kappa shape index (κ2) is 9.56. The molecule has 1 unspecified atom stereocenters. The lowest BCUT2D eigenvalue weighted by atomic mass is 10.1. The summed E-state index contributed by atoms with van der Waals surface area (Å²) in [6.45, 7) is 1.83. The highest BCUT2D eigenvalue weighted by atomic mass is 32.1. The monoisotopic (exact) mass is 307 g/mol. The van der Waals surface area contributed by atoms with Gasteiger partial charge in [0.05, 0.1) is 12.6 Å². The molecule has 116 valence electrons. The number of hydrogen-bond acceptors (Lipinski definition) is 7. The molecule has 0 bridgehead atoms. The van der Waals surface area contributed by atoms with Gasteiger partial charge in [0, 0.05) is 12.2 Å². The molecule has 0 radical (unpaired) electrons. The van der Waals surface area contributed by atoms with Crippen LogP contribution in [0.1, 0.15) is 19.8 Å². The molecular formula is C11H21N3O5S. The number of carbonyl (C=O) groups is 3. The Morgan fingerprint density at radius 2 is 1.95 bits per heavy atom. The summed E-state index contributed by atoms with van der Waals surface area (Å²) in [5.74, 6) is -2.10. The molecule has 1 amide bonds. The molecular weight excluding hydrogens is 286 g/mol. The summed E-state index contributed by atoms with van der Waals surface area (Å²) >= 11 is 4.01. The van der Waals surface area contributed by atoms with Gasteiger partial charge in [-0.1, -0.05) is 0 Å². The fourth-order valence-electron chi connectivity index (χ4n) is 1.34. The maximum atomic E-state index is 11.6. The van der Waals surface area contributed by atoms with Crippen molar-refractivity contribution < 1.29 is 24.2 Å². The van der Waals surface area contributed by atoms with Crippen LogP contribution in [0, 0.1) is 0 Å². The average molecular weight is 307 g/mol. The van der Waals surface area contributed by atoms with E-state index in [1.807, 2.05) is 0 Å². The third kappa shape index (κ3) is 6.73. The van der Waals surface area contributed by atoms with Gasteiger partial charge in [0.25, 0.3) is 0 Å². The number of carboxylic acid groups (broad SMARTS) is 1. The van der Waals surface area contributed by atoms with Crippen molar-refractivity contribution in [1.29, 1.82) is 0 Å². The lowest BCUT2D eigenvalue weighted by molar-refractivity contribution is -0.145. The first kappa shape index (κ1) is 18.7. The van der Waals surface area contributed by atoms with Crippen LogP contribution < -0.4 is 16.8 Å². The number of nitrogens with two attached hydrogens (primary N) is 2. The Hall–Kier alpha value is -1.32. The third-order valence-electron chi connectivity index (χ3n) is 2.53. The molecule has 8 nitrogen and oxygen atoms in total. The SMILES string of the molecule is CCOC(=O)C(N)[C@H](CS)NC(=O)CC[C@H](N)C(=O)O. The first-order valence-corrected chi connectivity index (χ1v) is 6.77. The predicted molar refractivity (Wildman–Crippen MR) is 75.2 cm³/mol. The van der Waals surface area contributed by atoms with Crippen LogP contribution in [0.4, 0.5) is 0 Å². The summed E-state index contributed by atoms with van der Waals surface area (Å²) in [6.07, 6.45) is -0.0810. The van der Waals surface area contributed by atoms with E-state index in [1.54, 1.807) is 6.92 Å². The van der Waals surface area contributed by atoms with Crippen molar-refractivity contribution in [2.24, 2.45) is 11.5 Å². The van der Waals surface area contributed by atoms with Gasteiger partial charge in [0.1, 0.15) is 12.1 Å². The van der Waals surface area contributed by atoms with Gasteiger partial charge in [0.2, 0.25) is 5.91 Å². The largest absolute Gasteiger partial charge is 0.480 e. The van der Waals surface area contributed by atoms with E-state index in [0.717, 1.165) is 0 Å². The van der Waals surface area contributed by atoms with Crippen LogP contribution in [0.15, 0.2) is 0 Å². The highest BCUT2D eigenvalue weighted by Gasteiger charge is 2.26. The molecule has 0 aliphatic rings. The molecule has 20 heavy (non-hydrogen) atoms. The number of rotatable bonds is 9. The minimum absolute atomic E-state index is 0.00486. The van der Waals surface area contributed by atoms with Crippen molar-refractivity contribution in [2.75, 3.05) is 12.4 Å². The molecule has 0 aromatic rings. The maximum Gasteiger partial charge on any atom is 0.325 e. The zero-order valence-corrected chi connectivity index (χ0v) is 12.1. The summed E-state index contributed by atoms with van der Waals surface area (Å²) in [5, 5.41) is 11.1. The smallest absolute Gasteiger partial charge is 0.325 e. The highest BCUT2D eigenvalue weighted by molar-refractivity contribution is 7.80. The second-order valence-electron chi connectivity index (χ2n) is 4.12. The molecule has 0 aromatic heterocycles. The van der Waals surface area contributed by atoms with Crippen molar-refractivity contribution in [3.63, 3.8) is 0 Å². The Balaban J connectivity index is 4.31. The molecule has 0 saturated carbocycles. The Morgan fingerprint density at radius 3 is 2.40 bits per heavy atom. The van der Waals surface area contributed by atoms with Gasteiger partial charge in [-0.15, -0.1) is 0 Å². The van der Waals surface area contributed by atoms with Crippen LogP contribution >= 0.6 is 12.6 Å². The number of hydrogen-bond donors (Lipinski definition) is 5. The van der Waals surface area contributed by atoms with Crippen LogP contribution in [0.5, 0.6) is 0 Å². The Labute approximate surface area is 122 Å². The first-order chi connectivity index (χ1) is 9.33. The van der Waals surface area contributed by atoms with Crippen LogP contribution in [0.25, 0.3) is 0 Å². The molecule has 0 heterocycles. The van der Waals surface area contributed by atoms with E-state index in [4.69, 9.17) is 21.3 Å². The number of ether oxygens (including phenoxy) is 1. The van der Waals surface area contributed by atoms with Gasteiger partial charge >= 0.3 is 11.9 Å². The van der Waals surface area contributed by atoms with Gasteiger partial charge in [-0.05, 0) is 13.3 Å². The van der Waals surface area contributed by atoms with Gasteiger partial charge in [0.15, 0.2) is 0 Å². The van der Waals surface area contributed by atoms with Crippen molar-refractivity contribution in [1.82, 2.24) is 5.32 Å². The summed E-state index contributed by atoms with van der Waals surface area (Å²) in [7, 11) is 0. The van der Waals surface area contributed by atoms with E-state index in [2.05, 4.69) is 17.9 Å². The van der Waals surface area contributed by atoms with Gasteiger partial charge < -0.3 is 26.6 Å². The molecule has 0 rings (SSSR count). The molecule has 3 atom stereocenters. The summed E-state index contributed by atoms with van der Waals surface area (Å²) in [6, 6.07) is -2.82. The molecule has 6 N–H and O–H groups in total. The standard InChI is InChI=1S/C11H21N3O5S/c1-2-19-11(18)9(13)7(5-20)14-8(15)4-3-6(12)10(16)17/h6-7,9,20H,2-5,12-13H2,1H3,(H,14,15)(H,16,17)/t6-,7-,9?/m0/s1. The number of amides is 1. The molecule has 0 fully saturated rings. The first-order valence-electron chi connectivity index (χ1n) is 6.14. The number of carbonyl (C=O) groups excluding carboxylic acids is 2. The molecule has 0 saturated heterocycles. The minimum atomic E-state index is -1.17. The van der Waals surface area contributed by atoms with Gasteiger partial charge in [-0.2, -0.15) is 12.6 Å². The normalized spacial score (nSPS) is 15.0. The van der Waals surface area contributed by atoms with Gasteiger partial charge in [-0.25, -0.2) is 0 Å². The summed E-state index contributed by atoms with van der Waals surface area (Å²) in [4.78, 5) is 33.6. The average Bonchev–Trinajstić information content (AvgIpc) is 2.41. The van der Waals surface area contributed by atoms with Crippen molar-refractivity contribution in [3.05, 3.63) is 0 Å². The number of nitrogens with one attached hydrogen (secondary N) is 1. The van der Waals surface area contributed by atoms with Crippen molar-refractivity contribution in [2.45, 2.75) is 37.9 Å². The van der Waals surface area contributed by atoms with Gasteiger partial charge in [-0.3, -0.25) is 14.4 Å². The fraction of sp³-hybridized carbons (Fsp3) is 0.727. The second-order valence-corrected chi connectivity index (χ2v) is 4.48. The van der Waals surface area contributed by atoms with E-state index in [-0.39, 0.29) is 25.2 Å². The van der Waals surface area contributed by atoms with Crippen LogP contribution in [0.3, 0.4) is 0 Å². The molecule has 0 spiro atoms. The molecule has 0 aromatic carbocycles. The molecule has 0 aliphatic heterocycles. The zero-order valence-electron chi connectivity index (χ0n) is 11.2. The molecule has 0 aliphatic carbocycles. The lowest BCUT2D eigenvalue weighted by Crippen LogP contribution is -2.53. The Morgan fingerprint density at radius 1 is 1.35 bits per heavy atom. The van der Waals surface area contributed by atoms with Crippen LogP contribution in [0.2, 0.25) is 0 Å². The van der Waals surface area contributed by atoms with E-state index >= 15 is 0 Å². The van der Waals surface area contributed by atoms with E-state index in [9.17, 15) is 14.4 Å². The predicted octanol–water partition coefficient (Wildman–Crippen LogP) is -1.52. The van der Waals surface area contributed by atoms with E-state index in [0.29, 0.717) is 0 Å². The minimum Gasteiger partial charge on any atom is -0.480 e. The lowest BCUT2D eigenvalue weighted by Gasteiger charge is -2.22. The molecule has 9 heteroatoms. The van der Waals surface area contributed by atoms with E-state index in [1.165, 1.54) is 0 Å². The van der Waals surface area contributed by atoms with E-state index < -0.39 is 36.0 Å². The maximum absolute atomic E-state index is 11.6. The van der Waals surface area contributed by atoms with Crippen molar-refractivity contribution >= 4 is 30.5 Å². The summed E-state index contributed by atoms with van der Waals surface area (Å²) in [5.41, 5.74) is 10.9. The highest BCUT2D eigenvalue weighted by Crippen LogP contribution is 2.01. The summed E-state index contributed by atoms with van der Waals surface area (Å²) < 4.78 is 4.75. The number of carboxylic acids is 1. The topological polar surface area (TPSA) is 145 Å². The number of esters is 1. The fourth-order valence-corrected chi connectivity index (χ4v) is 1.66. The Bertz CT molecular complexity index is 353. The van der Waals surface area contributed by atoms with Crippen LogP contribution in [-0.2, 0) is 19.1 Å². The Kier molecular flexibility index (Phi) is 8.93. The number of thiol groups is 1. The number of aliphatic carboxylic acids is 1. The van der Waals surface area contributed by atoms with Crippen molar-refractivity contribution in [3.8, 4) is 0 Å². The van der Waals surface area contributed by atoms with Crippen LogP contribution in [-0.4, -0.2) is 53.4 Å².